The molecule has 25 heavy (non-hydrogen) atoms. The second-order valence-electron chi connectivity index (χ2n) is 5.93. The summed E-state index contributed by atoms with van der Waals surface area (Å²) in [7, 11) is 1.57. The lowest BCUT2D eigenvalue weighted by Crippen LogP contribution is -2.25. The zero-order valence-electron chi connectivity index (χ0n) is 14.3. The lowest BCUT2D eigenvalue weighted by Gasteiger charge is -2.20. The lowest BCUT2D eigenvalue weighted by molar-refractivity contribution is -0.117. The van der Waals surface area contributed by atoms with E-state index in [9.17, 15) is 9.59 Å². The third kappa shape index (κ3) is 3.74. The maximum absolute atomic E-state index is 12.3. The molecule has 1 heterocycles. The first-order chi connectivity index (χ1) is 12.1. The van der Waals surface area contributed by atoms with Crippen molar-refractivity contribution in [2.75, 3.05) is 29.2 Å². The van der Waals surface area contributed by atoms with Gasteiger partial charge in [-0.15, -0.1) is 0 Å². The van der Waals surface area contributed by atoms with Gasteiger partial charge in [-0.1, -0.05) is 18.2 Å². The molecule has 130 valence electrons. The first-order valence-electron chi connectivity index (χ1n) is 8.20. The first kappa shape index (κ1) is 16.8. The molecule has 0 unspecified atom stereocenters. The Balaban J connectivity index is 1.77. The SMILES string of the molecule is COc1ccc(NC(=O)Nc2ccccc2C)cc1N1CCCC1=O. The summed E-state index contributed by atoms with van der Waals surface area (Å²) in [5.41, 5.74) is 3.01. The molecule has 6 nitrogen and oxygen atoms in total. The summed E-state index contributed by atoms with van der Waals surface area (Å²) in [5, 5.41) is 5.63. The summed E-state index contributed by atoms with van der Waals surface area (Å²) in [6, 6.07) is 12.5. The molecule has 0 bridgehead atoms. The quantitative estimate of drug-likeness (QED) is 0.891. The number of ether oxygens (including phenoxy) is 1. The zero-order valence-corrected chi connectivity index (χ0v) is 14.3. The van der Waals surface area contributed by atoms with E-state index >= 15 is 0 Å². The number of nitrogens with zero attached hydrogens (tertiary/aromatic N) is 1. The van der Waals surface area contributed by atoms with Gasteiger partial charge in [-0.25, -0.2) is 4.79 Å². The number of para-hydroxylation sites is 1. The molecule has 0 radical (unpaired) electrons. The van der Waals surface area contributed by atoms with Crippen molar-refractivity contribution in [2.24, 2.45) is 0 Å². The van der Waals surface area contributed by atoms with E-state index in [-0.39, 0.29) is 11.9 Å². The van der Waals surface area contributed by atoms with Gasteiger partial charge < -0.3 is 20.3 Å². The molecule has 1 fully saturated rings. The number of benzene rings is 2. The molecule has 0 spiro atoms. The molecule has 1 aliphatic heterocycles. The van der Waals surface area contributed by atoms with Crippen molar-refractivity contribution < 1.29 is 14.3 Å². The van der Waals surface area contributed by atoms with E-state index in [1.54, 1.807) is 30.2 Å². The van der Waals surface area contributed by atoms with Crippen molar-refractivity contribution in [3.8, 4) is 5.75 Å². The van der Waals surface area contributed by atoms with Gasteiger partial charge in [0.15, 0.2) is 0 Å². The average Bonchev–Trinajstić information content (AvgIpc) is 3.03. The fraction of sp³-hybridized carbons (Fsp3) is 0.263. The van der Waals surface area contributed by atoms with Gasteiger partial charge in [0.25, 0.3) is 0 Å². The van der Waals surface area contributed by atoms with Gasteiger partial charge >= 0.3 is 6.03 Å². The van der Waals surface area contributed by atoms with Crippen LogP contribution in [0.4, 0.5) is 21.9 Å². The fourth-order valence-corrected chi connectivity index (χ4v) is 2.88. The molecular formula is C19H21N3O3. The van der Waals surface area contributed by atoms with Crippen LogP contribution in [0.15, 0.2) is 42.5 Å². The van der Waals surface area contributed by atoms with E-state index in [1.165, 1.54) is 0 Å². The molecule has 3 rings (SSSR count). The molecule has 6 heteroatoms. The third-order valence-corrected chi connectivity index (χ3v) is 4.19. The molecule has 1 aliphatic rings. The number of aryl methyl sites for hydroxylation is 1. The topological polar surface area (TPSA) is 70.7 Å². The molecule has 0 atom stereocenters. The Kier molecular flexibility index (Phi) is 4.88. The monoisotopic (exact) mass is 339 g/mol. The largest absolute Gasteiger partial charge is 0.495 e. The Hall–Kier alpha value is -3.02. The van der Waals surface area contributed by atoms with Crippen LogP contribution in [0, 0.1) is 6.92 Å². The Bertz CT molecular complexity index is 804. The van der Waals surface area contributed by atoms with Gasteiger partial charge in [0.2, 0.25) is 5.91 Å². The molecular weight excluding hydrogens is 318 g/mol. The van der Waals surface area contributed by atoms with Crippen LogP contribution >= 0.6 is 0 Å². The minimum atomic E-state index is -0.335. The smallest absolute Gasteiger partial charge is 0.323 e. The molecule has 2 aromatic rings. The summed E-state index contributed by atoms with van der Waals surface area (Å²) in [5.74, 6) is 0.680. The van der Waals surface area contributed by atoms with E-state index in [0.29, 0.717) is 30.1 Å². The molecule has 2 N–H and O–H groups in total. The number of anilines is 3. The number of carbonyl (C=O) groups excluding carboxylic acids is 2. The zero-order chi connectivity index (χ0) is 17.8. The highest BCUT2D eigenvalue weighted by Crippen LogP contribution is 2.34. The van der Waals surface area contributed by atoms with Gasteiger partial charge in [-0.3, -0.25) is 4.79 Å². The second kappa shape index (κ2) is 7.25. The van der Waals surface area contributed by atoms with E-state index < -0.39 is 0 Å². The minimum Gasteiger partial charge on any atom is -0.495 e. The second-order valence-corrected chi connectivity index (χ2v) is 5.93. The highest BCUT2D eigenvalue weighted by molar-refractivity contribution is 6.02. The summed E-state index contributed by atoms with van der Waals surface area (Å²) < 4.78 is 5.36. The highest BCUT2D eigenvalue weighted by atomic mass is 16.5. The van der Waals surface area contributed by atoms with Gasteiger partial charge in [0, 0.05) is 24.3 Å². The molecule has 2 aromatic carbocycles. The number of rotatable bonds is 4. The van der Waals surface area contributed by atoms with Crippen LogP contribution < -0.4 is 20.3 Å². The van der Waals surface area contributed by atoms with E-state index in [0.717, 1.165) is 17.7 Å². The molecule has 1 saturated heterocycles. The maximum Gasteiger partial charge on any atom is 0.323 e. The summed E-state index contributed by atoms with van der Waals surface area (Å²) in [6.07, 6.45) is 1.36. The van der Waals surface area contributed by atoms with Crippen molar-refractivity contribution in [3.63, 3.8) is 0 Å². The third-order valence-electron chi connectivity index (χ3n) is 4.19. The number of carbonyl (C=O) groups is 2. The standard InChI is InChI=1S/C19H21N3O3/c1-13-6-3-4-7-15(13)21-19(24)20-14-9-10-17(25-2)16(12-14)22-11-5-8-18(22)23/h3-4,6-7,9-10,12H,5,8,11H2,1-2H3,(H2,20,21,24). The van der Waals surface area contributed by atoms with Crippen LogP contribution in [0.25, 0.3) is 0 Å². The van der Waals surface area contributed by atoms with Crippen molar-refractivity contribution >= 4 is 29.0 Å². The van der Waals surface area contributed by atoms with Crippen LogP contribution in [-0.2, 0) is 4.79 Å². The number of methoxy groups -OCH3 is 1. The van der Waals surface area contributed by atoms with Crippen LogP contribution in [0.1, 0.15) is 18.4 Å². The lowest BCUT2D eigenvalue weighted by atomic mass is 10.2. The van der Waals surface area contributed by atoms with Crippen LogP contribution in [0.3, 0.4) is 0 Å². The Labute approximate surface area is 146 Å². The van der Waals surface area contributed by atoms with Crippen molar-refractivity contribution in [2.45, 2.75) is 19.8 Å². The Morgan fingerprint density at radius 2 is 1.96 bits per heavy atom. The van der Waals surface area contributed by atoms with Crippen LogP contribution in [0.5, 0.6) is 5.75 Å². The first-order valence-corrected chi connectivity index (χ1v) is 8.20. The number of urea groups is 1. The molecule has 3 amide bonds. The van der Waals surface area contributed by atoms with E-state index in [1.807, 2.05) is 31.2 Å². The van der Waals surface area contributed by atoms with Crippen molar-refractivity contribution in [1.82, 2.24) is 0 Å². The van der Waals surface area contributed by atoms with Crippen molar-refractivity contribution in [3.05, 3.63) is 48.0 Å². The number of hydrogen-bond acceptors (Lipinski definition) is 3. The van der Waals surface area contributed by atoms with E-state index in [4.69, 9.17) is 4.74 Å². The minimum absolute atomic E-state index is 0.0693. The van der Waals surface area contributed by atoms with E-state index in [2.05, 4.69) is 10.6 Å². The van der Waals surface area contributed by atoms with Crippen LogP contribution in [0.2, 0.25) is 0 Å². The average molecular weight is 339 g/mol. The maximum atomic E-state index is 12.3. The summed E-state index contributed by atoms with van der Waals surface area (Å²) >= 11 is 0. The normalized spacial score (nSPS) is 13.7. The van der Waals surface area contributed by atoms with Gasteiger partial charge in [0.1, 0.15) is 5.75 Å². The predicted molar refractivity (Wildman–Crippen MR) is 98.4 cm³/mol. The Morgan fingerprint density at radius 1 is 1.16 bits per heavy atom. The molecule has 0 aromatic heterocycles. The molecule has 0 saturated carbocycles. The Morgan fingerprint density at radius 3 is 2.64 bits per heavy atom. The fourth-order valence-electron chi connectivity index (χ4n) is 2.88. The number of hydrogen-bond donors (Lipinski definition) is 2. The van der Waals surface area contributed by atoms with Crippen molar-refractivity contribution in [1.29, 1.82) is 0 Å². The summed E-state index contributed by atoms with van der Waals surface area (Å²) in [4.78, 5) is 26.0. The predicted octanol–water partition coefficient (Wildman–Crippen LogP) is 3.77. The summed E-state index contributed by atoms with van der Waals surface area (Å²) in [6.45, 7) is 2.59. The molecule has 0 aliphatic carbocycles. The van der Waals surface area contributed by atoms with Gasteiger partial charge in [0.05, 0.1) is 12.8 Å². The number of nitrogens with one attached hydrogen (secondary N) is 2. The van der Waals surface area contributed by atoms with Gasteiger partial charge in [-0.2, -0.15) is 0 Å². The number of amides is 3. The van der Waals surface area contributed by atoms with Crippen LogP contribution in [-0.4, -0.2) is 25.6 Å². The highest BCUT2D eigenvalue weighted by Gasteiger charge is 2.24. The van der Waals surface area contributed by atoms with Gasteiger partial charge in [-0.05, 0) is 43.2 Å².